The normalized spacial score (nSPS) is 14.5. The minimum Gasteiger partial charge on any atom is -0.322 e. The number of imide groups is 1. The van der Waals surface area contributed by atoms with Crippen LogP contribution in [0.25, 0.3) is 0 Å². The molecule has 3 amide bonds. The highest BCUT2D eigenvalue weighted by Gasteiger charge is 2.40. The lowest BCUT2D eigenvalue weighted by Gasteiger charge is -2.21. The highest BCUT2D eigenvalue weighted by atomic mass is 35.5. The summed E-state index contributed by atoms with van der Waals surface area (Å²) in [6, 6.07) is 8.94. The van der Waals surface area contributed by atoms with Crippen LogP contribution in [-0.4, -0.2) is 28.7 Å². The molecule has 1 heterocycles. The number of hydrogen-bond donors (Lipinski definition) is 1. The molecule has 0 aromatic heterocycles. The van der Waals surface area contributed by atoms with Crippen molar-refractivity contribution in [1.82, 2.24) is 4.90 Å². The van der Waals surface area contributed by atoms with Gasteiger partial charge in [-0.05, 0) is 37.3 Å². The van der Waals surface area contributed by atoms with Gasteiger partial charge in [-0.1, -0.05) is 23.7 Å². The lowest BCUT2D eigenvalue weighted by molar-refractivity contribution is -0.119. The van der Waals surface area contributed by atoms with E-state index in [2.05, 4.69) is 5.32 Å². The van der Waals surface area contributed by atoms with Gasteiger partial charge in [0, 0.05) is 5.02 Å². The maximum absolute atomic E-state index is 13.7. The Bertz CT molecular complexity index is 834. The monoisotopic (exact) mass is 346 g/mol. The van der Waals surface area contributed by atoms with Gasteiger partial charge in [0.1, 0.15) is 11.9 Å². The third kappa shape index (κ3) is 2.65. The van der Waals surface area contributed by atoms with Gasteiger partial charge >= 0.3 is 0 Å². The third-order valence-electron chi connectivity index (χ3n) is 3.78. The highest BCUT2D eigenvalue weighted by molar-refractivity contribution is 6.31. The Balaban J connectivity index is 1.83. The van der Waals surface area contributed by atoms with Crippen molar-refractivity contribution in [2.75, 3.05) is 5.32 Å². The van der Waals surface area contributed by atoms with Crippen LogP contribution in [0.1, 0.15) is 27.6 Å². The van der Waals surface area contributed by atoms with Crippen LogP contribution in [0.4, 0.5) is 10.1 Å². The summed E-state index contributed by atoms with van der Waals surface area (Å²) in [5.41, 5.74) is 0.378. The molecule has 24 heavy (non-hydrogen) atoms. The Hall–Kier alpha value is -2.73. The predicted octanol–water partition coefficient (Wildman–Crippen LogP) is 3.10. The molecule has 0 fully saturated rings. The number of carbonyl (C=O) groups excluding carboxylic acids is 3. The minimum absolute atomic E-state index is 0.115. The maximum Gasteiger partial charge on any atom is 0.262 e. The third-order valence-corrected chi connectivity index (χ3v) is 4.01. The fourth-order valence-corrected chi connectivity index (χ4v) is 2.68. The molecular weight excluding hydrogens is 335 g/mol. The van der Waals surface area contributed by atoms with Crippen LogP contribution < -0.4 is 5.32 Å². The van der Waals surface area contributed by atoms with Crippen LogP contribution in [0.15, 0.2) is 42.5 Å². The second-order valence-electron chi connectivity index (χ2n) is 5.32. The summed E-state index contributed by atoms with van der Waals surface area (Å²) >= 11 is 5.78. The van der Waals surface area contributed by atoms with Gasteiger partial charge in [-0.15, -0.1) is 0 Å². The van der Waals surface area contributed by atoms with Crippen LogP contribution in [0.5, 0.6) is 0 Å². The summed E-state index contributed by atoms with van der Waals surface area (Å²) in [6.07, 6.45) is 0. The number of amides is 3. The zero-order chi connectivity index (χ0) is 17.4. The highest BCUT2D eigenvalue weighted by Crippen LogP contribution is 2.25. The molecule has 122 valence electrons. The number of rotatable bonds is 3. The molecule has 1 aliphatic rings. The van der Waals surface area contributed by atoms with E-state index in [4.69, 9.17) is 11.6 Å². The average Bonchev–Trinajstić information content (AvgIpc) is 2.82. The molecule has 1 N–H and O–H groups in total. The van der Waals surface area contributed by atoms with Gasteiger partial charge in [-0.25, -0.2) is 4.39 Å². The van der Waals surface area contributed by atoms with E-state index in [1.165, 1.54) is 31.2 Å². The van der Waals surface area contributed by atoms with E-state index >= 15 is 0 Å². The zero-order valence-electron chi connectivity index (χ0n) is 12.5. The van der Waals surface area contributed by atoms with Gasteiger partial charge < -0.3 is 5.32 Å². The van der Waals surface area contributed by atoms with Gasteiger partial charge in [0.05, 0.1) is 16.8 Å². The van der Waals surface area contributed by atoms with Crippen molar-refractivity contribution >= 4 is 35.0 Å². The van der Waals surface area contributed by atoms with E-state index < -0.39 is 29.6 Å². The SMILES string of the molecule is C[C@@H](C(=O)Nc1cc(Cl)ccc1F)N1C(=O)c2ccccc2C1=O. The van der Waals surface area contributed by atoms with Crippen molar-refractivity contribution in [3.8, 4) is 0 Å². The van der Waals surface area contributed by atoms with Gasteiger partial charge in [0.15, 0.2) is 0 Å². The summed E-state index contributed by atoms with van der Waals surface area (Å²) in [4.78, 5) is 37.9. The fraction of sp³-hybridized carbons (Fsp3) is 0.118. The molecule has 0 aliphatic carbocycles. The van der Waals surface area contributed by atoms with Gasteiger partial charge in [-0.2, -0.15) is 0 Å². The molecule has 0 spiro atoms. The number of hydrogen-bond acceptors (Lipinski definition) is 3. The molecular formula is C17H12ClFN2O3. The quantitative estimate of drug-likeness (QED) is 0.868. The smallest absolute Gasteiger partial charge is 0.262 e. The average molecular weight is 347 g/mol. The van der Waals surface area contributed by atoms with Crippen molar-refractivity contribution < 1.29 is 18.8 Å². The topological polar surface area (TPSA) is 66.5 Å². The Morgan fingerprint density at radius 1 is 1.12 bits per heavy atom. The van der Waals surface area contributed by atoms with Gasteiger partial charge in [-0.3, -0.25) is 19.3 Å². The molecule has 0 saturated carbocycles. The van der Waals surface area contributed by atoms with E-state index in [-0.39, 0.29) is 21.8 Å². The van der Waals surface area contributed by atoms with Crippen molar-refractivity contribution in [1.29, 1.82) is 0 Å². The lowest BCUT2D eigenvalue weighted by Crippen LogP contribution is -2.45. The molecule has 1 atom stereocenters. The van der Waals surface area contributed by atoms with Crippen LogP contribution in [-0.2, 0) is 4.79 Å². The zero-order valence-corrected chi connectivity index (χ0v) is 13.3. The van der Waals surface area contributed by atoms with Crippen molar-refractivity contribution in [2.45, 2.75) is 13.0 Å². The molecule has 0 unspecified atom stereocenters. The molecule has 5 nitrogen and oxygen atoms in total. The Morgan fingerprint density at radius 2 is 1.71 bits per heavy atom. The largest absolute Gasteiger partial charge is 0.322 e. The Labute approximate surface area is 142 Å². The van der Waals surface area contributed by atoms with E-state index in [9.17, 15) is 18.8 Å². The Morgan fingerprint density at radius 3 is 2.29 bits per heavy atom. The number of benzene rings is 2. The van der Waals surface area contributed by atoms with E-state index in [0.29, 0.717) is 0 Å². The van der Waals surface area contributed by atoms with Crippen LogP contribution >= 0.6 is 11.6 Å². The molecule has 7 heteroatoms. The van der Waals surface area contributed by atoms with E-state index in [0.717, 1.165) is 11.0 Å². The summed E-state index contributed by atoms with van der Waals surface area (Å²) in [5, 5.41) is 2.60. The van der Waals surface area contributed by atoms with Crippen LogP contribution in [0.3, 0.4) is 0 Å². The van der Waals surface area contributed by atoms with Crippen molar-refractivity contribution in [3.05, 3.63) is 64.4 Å². The second kappa shape index (κ2) is 6.05. The van der Waals surface area contributed by atoms with Crippen molar-refractivity contribution in [2.24, 2.45) is 0 Å². The van der Waals surface area contributed by atoms with Gasteiger partial charge in [0.2, 0.25) is 5.91 Å². The standard InChI is InChI=1S/C17H12ClFN2O3/c1-9(15(22)20-14-8-10(18)6-7-13(14)19)21-16(23)11-4-2-3-5-12(11)17(21)24/h2-9H,1H3,(H,20,22)/t9-/m0/s1. The maximum atomic E-state index is 13.7. The van der Waals surface area contributed by atoms with E-state index in [1.807, 2.05) is 0 Å². The lowest BCUT2D eigenvalue weighted by atomic mass is 10.1. The van der Waals surface area contributed by atoms with Crippen LogP contribution in [0.2, 0.25) is 5.02 Å². The molecule has 0 saturated heterocycles. The number of nitrogens with zero attached hydrogens (tertiary/aromatic N) is 1. The first-order chi connectivity index (χ1) is 11.4. The number of fused-ring (bicyclic) bond motifs is 1. The summed E-state index contributed by atoms with van der Waals surface area (Å²) in [5.74, 6) is -2.46. The fourth-order valence-electron chi connectivity index (χ4n) is 2.51. The molecule has 0 bridgehead atoms. The molecule has 2 aromatic carbocycles. The van der Waals surface area contributed by atoms with E-state index in [1.54, 1.807) is 12.1 Å². The number of halogens is 2. The first kappa shape index (κ1) is 16.1. The number of carbonyl (C=O) groups is 3. The molecule has 1 aliphatic heterocycles. The Kier molecular flexibility index (Phi) is 4.07. The first-order valence-electron chi connectivity index (χ1n) is 7.13. The predicted molar refractivity (Wildman–Crippen MR) is 86.4 cm³/mol. The number of anilines is 1. The molecule has 0 radical (unpaired) electrons. The van der Waals surface area contributed by atoms with Crippen molar-refractivity contribution in [3.63, 3.8) is 0 Å². The minimum atomic E-state index is -1.10. The summed E-state index contributed by atoms with van der Waals surface area (Å²) < 4.78 is 13.7. The molecule has 2 aromatic rings. The number of nitrogens with one attached hydrogen (secondary N) is 1. The molecule has 3 rings (SSSR count). The first-order valence-corrected chi connectivity index (χ1v) is 7.51. The van der Waals surface area contributed by atoms with Crippen LogP contribution in [0, 0.1) is 5.82 Å². The summed E-state index contributed by atoms with van der Waals surface area (Å²) in [7, 11) is 0. The second-order valence-corrected chi connectivity index (χ2v) is 5.75. The van der Waals surface area contributed by atoms with Gasteiger partial charge in [0.25, 0.3) is 11.8 Å². The summed E-state index contributed by atoms with van der Waals surface area (Å²) in [6.45, 7) is 1.40.